The van der Waals surface area contributed by atoms with Gasteiger partial charge in [0, 0.05) is 30.9 Å². The molecule has 1 aliphatic rings. The molecule has 0 aliphatic carbocycles. The van der Waals surface area contributed by atoms with Gasteiger partial charge in [0.2, 0.25) is 11.6 Å². The lowest BCUT2D eigenvalue weighted by atomic mass is 10.0. The predicted octanol–water partition coefficient (Wildman–Crippen LogP) is 5.19. The van der Waals surface area contributed by atoms with Crippen LogP contribution in [-0.4, -0.2) is 24.2 Å². The minimum absolute atomic E-state index is 0.0952. The van der Waals surface area contributed by atoms with E-state index in [1.165, 1.54) is 5.56 Å². The molecule has 0 N–H and O–H groups in total. The van der Waals surface area contributed by atoms with E-state index in [4.69, 9.17) is 11.3 Å². The smallest absolute Gasteiger partial charge is 0.213 e. The molecule has 2 heterocycles. The van der Waals surface area contributed by atoms with Gasteiger partial charge in [-0.05, 0) is 30.5 Å². The van der Waals surface area contributed by atoms with E-state index in [1.54, 1.807) is 0 Å². The standard InChI is InChI=1S/C24H23N3O/c1-18-8-11-24(26-16-18)28-21-12-13-27(17-21)23-10-9-20(15-22(23)25-2)14-19-6-4-3-5-7-19/h3-11,15-16,21H,12-14,17H2,1H3/t21-/m0/s1. The third-order valence-electron chi connectivity index (χ3n) is 5.07. The molecule has 0 radical (unpaired) electrons. The number of aromatic nitrogens is 1. The highest BCUT2D eigenvalue weighted by molar-refractivity contribution is 5.72. The molecule has 0 saturated carbocycles. The van der Waals surface area contributed by atoms with Crippen LogP contribution < -0.4 is 9.64 Å². The summed E-state index contributed by atoms with van der Waals surface area (Å²) in [6.07, 6.45) is 3.69. The van der Waals surface area contributed by atoms with E-state index < -0.39 is 0 Å². The Morgan fingerprint density at radius 3 is 2.71 bits per heavy atom. The summed E-state index contributed by atoms with van der Waals surface area (Å²) in [4.78, 5) is 10.4. The zero-order chi connectivity index (χ0) is 19.3. The number of nitrogens with zero attached hydrogens (tertiary/aromatic N) is 3. The molecule has 0 spiro atoms. The van der Waals surface area contributed by atoms with Crippen LogP contribution in [0.4, 0.5) is 11.4 Å². The number of hydrogen-bond donors (Lipinski definition) is 0. The minimum Gasteiger partial charge on any atom is -0.472 e. The molecule has 3 aromatic rings. The van der Waals surface area contributed by atoms with Crippen molar-refractivity contribution in [1.29, 1.82) is 0 Å². The Morgan fingerprint density at radius 1 is 1.11 bits per heavy atom. The molecule has 4 rings (SSSR count). The third kappa shape index (κ3) is 4.15. The molecule has 1 fully saturated rings. The van der Waals surface area contributed by atoms with Gasteiger partial charge in [-0.2, -0.15) is 0 Å². The molecular weight excluding hydrogens is 346 g/mol. The van der Waals surface area contributed by atoms with Crippen LogP contribution in [0.5, 0.6) is 5.88 Å². The lowest BCUT2D eigenvalue weighted by Crippen LogP contribution is -2.24. The fourth-order valence-electron chi connectivity index (χ4n) is 3.61. The van der Waals surface area contributed by atoms with Gasteiger partial charge in [0.15, 0.2) is 0 Å². The van der Waals surface area contributed by atoms with Crippen LogP contribution in [-0.2, 0) is 6.42 Å². The Morgan fingerprint density at radius 2 is 1.96 bits per heavy atom. The maximum absolute atomic E-state index is 7.63. The fraction of sp³-hybridized carbons (Fsp3) is 0.250. The number of hydrogen-bond acceptors (Lipinski definition) is 3. The highest BCUT2D eigenvalue weighted by Gasteiger charge is 2.26. The van der Waals surface area contributed by atoms with Crippen molar-refractivity contribution in [1.82, 2.24) is 4.98 Å². The van der Waals surface area contributed by atoms with Crippen LogP contribution in [0.25, 0.3) is 4.85 Å². The van der Waals surface area contributed by atoms with Crippen LogP contribution in [0.15, 0.2) is 66.9 Å². The molecule has 1 atom stereocenters. The summed E-state index contributed by atoms with van der Waals surface area (Å²) in [5.74, 6) is 0.668. The maximum atomic E-state index is 7.63. The first kappa shape index (κ1) is 18.1. The van der Waals surface area contributed by atoms with Gasteiger partial charge in [0.1, 0.15) is 6.10 Å². The van der Waals surface area contributed by atoms with Crippen LogP contribution in [0, 0.1) is 13.5 Å². The molecule has 4 heteroatoms. The molecule has 1 aliphatic heterocycles. The van der Waals surface area contributed by atoms with Crippen molar-refractivity contribution >= 4 is 11.4 Å². The summed E-state index contributed by atoms with van der Waals surface area (Å²) in [6, 6.07) is 20.5. The van der Waals surface area contributed by atoms with E-state index in [0.29, 0.717) is 11.6 Å². The van der Waals surface area contributed by atoms with E-state index in [9.17, 15) is 0 Å². The summed E-state index contributed by atoms with van der Waals surface area (Å²) in [5, 5.41) is 0. The van der Waals surface area contributed by atoms with Crippen molar-refractivity contribution in [3.05, 3.63) is 95.0 Å². The summed E-state index contributed by atoms with van der Waals surface area (Å²) >= 11 is 0. The highest BCUT2D eigenvalue weighted by Crippen LogP contribution is 2.33. The van der Waals surface area contributed by atoms with Crippen molar-refractivity contribution in [3.8, 4) is 5.88 Å². The molecule has 0 bridgehead atoms. The second-order valence-corrected chi connectivity index (χ2v) is 7.25. The van der Waals surface area contributed by atoms with Crippen molar-refractivity contribution < 1.29 is 4.74 Å². The molecule has 4 nitrogen and oxygen atoms in total. The molecular formula is C24H23N3O. The minimum atomic E-state index is 0.0952. The Bertz CT molecular complexity index is 977. The Kier molecular flexibility index (Phi) is 5.25. The van der Waals surface area contributed by atoms with E-state index in [0.717, 1.165) is 42.7 Å². The number of pyridine rings is 1. The quantitative estimate of drug-likeness (QED) is 0.580. The van der Waals surface area contributed by atoms with Crippen LogP contribution in [0.1, 0.15) is 23.1 Å². The van der Waals surface area contributed by atoms with Crippen molar-refractivity contribution in [3.63, 3.8) is 0 Å². The summed E-state index contributed by atoms with van der Waals surface area (Å²) in [6.45, 7) is 11.3. The number of anilines is 1. The van der Waals surface area contributed by atoms with Crippen molar-refractivity contribution in [2.75, 3.05) is 18.0 Å². The third-order valence-corrected chi connectivity index (χ3v) is 5.07. The van der Waals surface area contributed by atoms with Gasteiger partial charge in [-0.15, -0.1) is 0 Å². The first-order chi connectivity index (χ1) is 13.7. The van der Waals surface area contributed by atoms with Crippen LogP contribution >= 0.6 is 0 Å². The first-order valence-electron chi connectivity index (χ1n) is 9.60. The highest BCUT2D eigenvalue weighted by atomic mass is 16.5. The average Bonchev–Trinajstić information content (AvgIpc) is 3.18. The van der Waals surface area contributed by atoms with Gasteiger partial charge in [-0.1, -0.05) is 54.1 Å². The van der Waals surface area contributed by atoms with Gasteiger partial charge >= 0.3 is 0 Å². The summed E-state index contributed by atoms with van der Waals surface area (Å²) in [5.41, 5.74) is 5.25. The Balaban J connectivity index is 1.45. The van der Waals surface area contributed by atoms with Gasteiger partial charge in [-0.3, -0.25) is 0 Å². The summed E-state index contributed by atoms with van der Waals surface area (Å²) in [7, 11) is 0. The number of rotatable bonds is 5. The monoisotopic (exact) mass is 369 g/mol. The molecule has 0 amide bonds. The van der Waals surface area contributed by atoms with E-state index in [1.807, 2.05) is 49.5 Å². The zero-order valence-corrected chi connectivity index (χ0v) is 16.0. The summed E-state index contributed by atoms with van der Waals surface area (Å²) < 4.78 is 6.03. The second kappa shape index (κ2) is 8.14. The van der Waals surface area contributed by atoms with Crippen LogP contribution in [0.3, 0.4) is 0 Å². The van der Waals surface area contributed by atoms with E-state index in [-0.39, 0.29) is 6.10 Å². The molecule has 1 aromatic heterocycles. The fourth-order valence-corrected chi connectivity index (χ4v) is 3.61. The van der Waals surface area contributed by atoms with Gasteiger partial charge < -0.3 is 9.64 Å². The van der Waals surface area contributed by atoms with Crippen LogP contribution in [0.2, 0.25) is 0 Å². The second-order valence-electron chi connectivity index (χ2n) is 7.25. The number of benzene rings is 2. The normalized spacial score (nSPS) is 16.0. The predicted molar refractivity (Wildman–Crippen MR) is 112 cm³/mol. The number of aryl methyl sites for hydroxylation is 1. The lowest BCUT2D eigenvalue weighted by molar-refractivity contribution is 0.216. The Labute approximate surface area is 166 Å². The molecule has 1 saturated heterocycles. The topological polar surface area (TPSA) is 29.7 Å². The van der Waals surface area contributed by atoms with Gasteiger partial charge in [0.25, 0.3) is 0 Å². The average molecular weight is 369 g/mol. The molecule has 0 unspecified atom stereocenters. The van der Waals surface area contributed by atoms with Gasteiger partial charge in [-0.25, -0.2) is 9.83 Å². The molecule has 28 heavy (non-hydrogen) atoms. The van der Waals surface area contributed by atoms with E-state index >= 15 is 0 Å². The van der Waals surface area contributed by atoms with Crippen molar-refractivity contribution in [2.24, 2.45) is 0 Å². The maximum Gasteiger partial charge on any atom is 0.213 e. The van der Waals surface area contributed by atoms with Crippen molar-refractivity contribution in [2.45, 2.75) is 25.9 Å². The SMILES string of the molecule is [C-]#[N+]c1cc(Cc2ccccc2)ccc1N1CC[C@H](Oc2ccc(C)cn2)C1. The Hall–Kier alpha value is -3.32. The molecule has 140 valence electrons. The first-order valence-corrected chi connectivity index (χ1v) is 9.60. The largest absolute Gasteiger partial charge is 0.472 e. The van der Waals surface area contributed by atoms with Gasteiger partial charge in [0.05, 0.1) is 13.1 Å². The number of ether oxygens (including phenoxy) is 1. The van der Waals surface area contributed by atoms with E-state index in [2.05, 4.69) is 39.0 Å². The molecule has 2 aromatic carbocycles. The lowest BCUT2D eigenvalue weighted by Gasteiger charge is -2.21. The zero-order valence-electron chi connectivity index (χ0n) is 16.0.